The molecule has 0 fully saturated rings. The molecule has 0 radical (unpaired) electrons. The second-order valence-electron chi connectivity index (χ2n) is 7.48. The number of carbonyl (C=O) groups is 1. The van der Waals surface area contributed by atoms with Crippen LogP contribution in [0.15, 0.2) is 48.5 Å². The lowest BCUT2D eigenvalue weighted by atomic mass is 9.88. The highest BCUT2D eigenvalue weighted by Gasteiger charge is 2.42. The molecular formula is C24H29F3O3. The Morgan fingerprint density at radius 1 is 1.00 bits per heavy atom. The lowest BCUT2D eigenvalue weighted by Crippen LogP contribution is -2.23. The van der Waals surface area contributed by atoms with Crippen LogP contribution in [0.4, 0.5) is 13.2 Å². The van der Waals surface area contributed by atoms with Crippen molar-refractivity contribution in [1.29, 1.82) is 0 Å². The summed E-state index contributed by atoms with van der Waals surface area (Å²) in [5.41, 5.74) is 0.324. The summed E-state index contributed by atoms with van der Waals surface area (Å²) >= 11 is 0. The second-order valence-corrected chi connectivity index (χ2v) is 7.48. The highest BCUT2D eigenvalue weighted by atomic mass is 19.4. The Morgan fingerprint density at radius 3 is 2.30 bits per heavy atom. The van der Waals surface area contributed by atoms with Gasteiger partial charge in [-0.15, -0.1) is 0 Å². The number of hydrogen-bond acceptors (Lipinski definition) is 2. The predicted octanol–water partition coefficient (Wildman–Crippen LogP) is 7.36. The molecule has 2 rings (SSSR count). The fraction of sp³-hybridized carbons (Fsp3) is 0.458. The molecular weight excluding hydrogens is 393 g/mol. The number of hydrogen-bond donors (Lipinski definition) is 1. The van der Waals surface area contributed by atoms with Gasteiger partial charge in [0.2, 0.25) is 0 Å². The van der Waals surface area contributed by atoms with E-state index in [0.29, 0.717) is 12.8 Å². The van der Waals surface area contributed by atoms with Crippen LogP contribution in [0.1, 0.15) is 79.3 Å². The van der Waals surface area contributed by atoms with Gasteiger partial charge in [0.1, 0.15) is 12.4 Å². The van der Waals surface area contributed by atoms with Gasteiger partial charge < -0.3 is 9.84 Å². The standard InChI is InChI=1S/C24H29F3O3/c1-2-3-4-5-6-10-13-22(24(25,26)27)21-16-19(14-15-20(21)23(28)29)30-17-18-11-8-7-9-12-18/h7-9,11-12,14-16,22H,2-6,10,13,17H2,1H3,(H,28,29)/t22-/m1/s1. The third-order valence-electron chi connectivity index (χ3n) is 5.12. The number of carboxylic acid groups (broad SMARTS) is 1. The maximum absolute atomic E-state index is 13.8. The van der Waals surface area contributed by atoms with E-state index in [1.54, 1.807) is 0 Å². The van der Waals surface area contributed by atoms with Crippen molar-refractivity contribution in [1.82, 2.24) is 0 Å². The minimum absolute atomic E-state index is 0.127. The van der Waals surface area contributed by atoms with Gasteiger partial charge in [-0.05, 0) is 35.7 Å². The Bertz CT molecular complexity index is 788. The van der Waals surface area contributed by atoms with E-state index in [1.165, 1.54) is 18.2 Å². The van der Waals surface area contributed by atoms with Gasteiger partial charge in [0, 0.05) is 0 Å². The third-order valence-corrected chi connectivity index (χ3v) is 5.12. The van der Waals surface area contributed by atoms with E-state index in [2.05, 4.69) is 6.92 Å². The molecule has 0 aliphatic carbocycles. The van der Waals surface area contributed by atoms with E-state index in [1.807, 2.05) is 30.3 Å². The lowest BCUT2D eigenvalue weighted by molar-refractivity contribution is -0.152. The van der Waals surface area contributed by atoms with Crippen molar-refractivity contribution in [3.05, 3.63) is 65.2 Å². The van der Waals surface area contributed by atoms with Crippen LogP contribution in [-0.4, -0.2) is 17.3 Å². The largest absolute Gasteiger partial charge is 0.489 e. The molecule has 0 unspecified atom stereocenters. The first-order valence-electron chi connectivity index (χ1n) is 10.4. The van der Waals surface area contributed by atoms with Crippen LogP contribution in [0, 0.1) is 0 Å². The molecule has 1 atom stereocenters. The monoisotopic (exact) mass is 422 g/mol. The zero-order valence-corrected chi connectivity index (χ0v) is 17.3. The van der Waals surface area contributed by atoms with Crippen LogP contribution in [0.5, 0.6) is 5.75 Å². The van der Waals surface area contributed by atoms with Crippen LogP contribution < -0.4 is 4.74 Å². The number of aromatic carboxylic acids is 1. The zero-order valence-electron chi connectivity index (χ0n) is 17.3. The topological polar surface area (TPSA) is 46.5 Å². The first-order valence-corrected chi connectivity index (χ1v) is 10.4. The Labute approximate surface area is 175 Å². The van der Waals surface area contributed by atoms with Crippen molar-refractivity contribution in [3.8, 4) is 5.75 Å². The highest BCUT2D eigenvalue weighted by molar-refractivity contribution is 5.90. The molecule has 0 saturated heterocycles. The molecule has 30 heavy (non-hydrogen) atoms. The van der Waals surface area contributed by atoms with E-state index >= 15 is 0 Å². The van der Waals surface area contributed by atoms with Crippen molar-refractivity contribution in [2.45, 2.75) is 70.6 Å². The molecule has 6 heteroatoms. The Hall–Kier alpha value is -2.50. The summed E-state index contributed by atoms with van der Waals surface area (Å²) < 4.78 is 47.1. The SMILES string of the molecule is CCCCCCCC[C@H](c1cc(OCc2ccccc2)ccc1C(=O)O)C(F)(F)F. The van der Waals surface area contributed by atoms with Gasteiger partial charge in [0.25, 0.3) is 0 Å². The van der Waals surface area contributed by atoms with E-state index in [0.717, 1.165) is 31.2 Å². The first-order chi connectivity index (χ1) is 14.3. The van der Waals surface area contributed by atoms with Gasteiger partial charge in [-0.25, -0.2) is 4.79 Å². The summed E-state index contributed by atoms with van der Waals surface area (Å²) in [7, 11) is 0. The van der Waals surface area contributed by atoms with Crippen LogP contribution in [-0.2, 0) is 6.61 Å². The predicted molar refractivity (Wildman–Crippen MR) is 111 cm³/mol. The van der Waals surface area contributed by atoms with E-state index < -0.39 is 18.1 Å². The molecule has 2 aromatic carbocycles. The van der Waals surface area contributed by atoms with E-state index in [-0.39, 0.29) is 29.9 Å². The van der Waals surface area contributed by atoms with Gasteiger partial charge in [-0.3, -0.25) is 0 Å². The highest BCUT2D eigenvalue weighted by Crippen LogP contribution is 2.41. The number of unbranched alkanes of at least 4 members (excludes halogenated alkanes) is 5. The van der Waals surface area contributed by atoms with Crippen LogP contribution in [0.3, 0.4) is 0 Å². The third kappa shape index (κ3) is 7.39. The van der Waals surface area contributed by atoms with Crippen molar-refractivity contribution >= 4 is 5.97 Å². The van der Waals surface area contributed by atoms with Crippen LogP contribution in [0.2, 0.25) is 0 Å². The maximum Gasteiger partial charge on any atom is 0.395 e. The molecule has 0 bridgehead atoms. The Balaban J connectivity index is 2.18. The van der Waals surface area contributed by atoms with Gasteiger partial charge in [0.05, 0.1) is 11.5 Å². The Kier molecular flexibility index (Phi) is 9.21. The fourth-order valence-electron chi connectivity index (χ4n) is 3.48. The molecule has 3 nitrogen and oxygen atoms in total. The fourth-order valence-corrected chi connectivity index (χ4v) is 3.48. The quantitative estimate of drug-likeness (QED) is 0.364. The molecule has 0 saturated carbocycles. The number of benzene rings is 2. The number of ether oxygens (including phenoxy) is 1. The van der Waals surface area contributed by atoms with Gasteiger partial charge in [-0.1, -0.05) is 75.8 Å². The van der Waals surface area contributed by atoms with Gasteiger partial charge in [-0.2, -0.15) is 13.2 Å². The summed E-state index contributed by atoms with van der Waals surface area (Å²) in [5.74, 6) is -2.96. The molecule has 164 valence electrons. The van der Waals surface area contributed by atoms with Crippen molar-refractivity contribution in [3.63, 3.8) is 0 Å². The molecule has 1 N–H and O–H groups in total. The maximum atomic E-state index is 13.8. The normalized spacial score (nSPS) is 12.5. The van der Waals surface area contributed by atoms with Gasteiger partial charge >= 0.3 is 12.1 Å². The summed E-state index contributed by atoms with van der Waals surface area (Å²) in [6, 6.07) is 13.1. The second kappa shape index (κ2) is 11.6. The van der Waals surface area contributed by atoms with Crippen LogP contribution >= 0.6 is 0 Å². The number of carboxylic acids is 1. The average Bonchev–Trinajstić information content (AvgIpc) is 2.71. The van der Waals surface area contributed by atoms with E-state index in [4.69, 9.17) is 4.74 Å². The van der Waals surface area contributed by atoms with Crippen molar-refractivity contribution in [2.75, 3.05) is 0 Å². The molecule has 0 aliphatic rings. The number of rotatable bonds is 12. The molecule has 0 heterocycles. The molecule has 0 spiro atoms. The number of halogens is 3. The molecule has 0 aliphatic heterocycles. The molecule has 0 aromatic heterocycles. The summed E-state index contributed by atoms with van der Waals surface area (Å²) in [6.45, 7) is 2.28. The minimum Gasteiger partial charge on any atom is -0.489 e. The van der Waals surface area contributed by atoms with Gasteiger partial charge in [0.15, 0.2) is 0 Å². The summed E-state index contributed by atoms with van der Waals surface area (Å²) in [4.78, 5) is 11.6. The number of alkyl halides is 3. The van der Waals surface area contributed by atoms with Crippen molar-refractivity contribution < 1.29 is 27.8 Å². The Morgan fingerprint density at radius 2 is 1.67 bits per heavy atom. The average molecular weight is 422 g/mol. The van der Waals surface area contributed by atoms with E-state index in [9.17, 15) is 23.1 Å². The first kappa shape index (κ1) is 23.8. The molecule has 2 aromatic rings. The molecule has 0 amide bonds. The smallest absolute Gasteiger partial charge is 0.395 e. The minimum atomic E-state index is -4.52. The summed E-state index contributed by atoms with van der Waals surface area (Å²) in [6.07, 6.45) is 0.515. The summed E-state index contributed by atoms with van der Waals surface area (Å²) in [5, 5.41) is 9.44. The lowest BCUT2D eigenvalue weighted by Gasteiger charge is -2.23. The zero-order chi connectivity index (χ0) is 22.0. The van der Waals surface area contributed by atoms with Crippen molar-refractivity contribution in [2.24, 2.45) is 0 Å². The van der Waals surface area contributed by atoms with Crippen LogP contribution in [0.25, 0.3) is 0 Å².